The molecular formula is C12H19N5. The van der Waals surface area contributed by atoms with Crippen LogP contribution in [-0.4, -0.2) is 17.7 Å². The number of nitrogens with two attached hydrogens (primary N) is 3. The summed E-state index contributed by atoms with van der Waals surface area (Å²) < 4.78 is 0. The average Bonchev–Trinajstić information content (AvgIpc) is 2.26. The predicted octanol–water partition coefficient (Wildman–Crippen LogP) is 0.574. The molecule has 1 unspecified atom stereocenters. The summed E-state index contributed by atoms with van der Waals surface area (Å²) in [6, 6.07) is 7.92. The van der Waals surface area contributed by atoms with Gasteiger partial charge in [-0.3, -0.25) is 0 Å². The first-order chi connectivity index (χ1) is 7.99. The molecule has 92 valence electrons. The van der Waals surface area contributed by atoms with E-state index >= 15 is 0 Å². The Bertz CT molecular complexity index is 413. The molecule has 1 rings (SSSR count). The standard InChI is InChI=1S/C12H19N5/c1-8(13)7-10-3-5-11(6-4-10)12(15)17-16-9(2)14/h3-6,8H,7,13H2,1-2H3,(H2,14,16)(H2,15,17). The van der Waals surface area contributed by atoms with Gasteiger partial charge >= 0.3 is 0 Å². The Hall–Kier alpha value is -1.88. The highest BCUT2D eigenvalue weighted by Crippen LogP contribution is 2.06. The summed E-state index contributed by atoms with van der Waals surface area (Å²) in [5.74, 6) is 0.726. The van der Waals surface area contributed by atoms with Gasteiger partial charge in [0.25, 0.3) is 0 Å². The predicted molar refractivity (Wildman–Crippen MR) is 71.8 cm³/mol. The van der Waals surface area contributed by atoms with Crippen molar-refractivity contribution in [2.75, 3.05) is 0 Å². The zero-order valence-electron chi connectivity index (χ0n) is 10.2. The van der Waals surface area contributed by atoms with Gasteiger partial charge in [0.15, 0.2) is 5.84 Å². The molecule has 0 fully saturated rings. The van der Waals surface area contributed by atoms with Gasteiger partial charge in [-0.25, -0.2) is 0 Å². The van der Waals surface area contributed by atoms with E-state index in [4.69, 9.17) is 17.2 Å². The van der Waals surface area contributed by atoms with Gasteiger partial charge < -0.3 is 17.2 Å². The third kappa shape index (κ3) is 4.65. The fourth-order valence-corrected chi connectivity index (χ4v) is 1.37. The van der Waals surface area contributed by atoms with Crippen LogP contribution in [0.3, 0.4) is 0 Å². The lowest BCUT2D eigenvalue weighted by Crippen LogP contribution is -2.18. The summed E-state index contributed by atoms with van der Waals surface area (Å²) in [5.41, 5.74) is 18.9. The smallest absolute Gasteiger partial charge is 0.153 e. The minimum atomic E-state index is 0.149. The number of rotatable bonds is 4. The van der Waals surface area contributed by atoms with Crippen LogP contribution in [0.2, 0.25) is 0 Å². The van der Waals surface area contributed by atoms with Crippen LogP contribution in [0.15, 0.2) is 34.5 Å². The van der Waals surface area contributed by atoms with Crippen molar-refractivity contribution < 1.29 is 0 Å². The van der Waals surface area contributed by atoms with Crippen LogP contribution in [0.25, 0.3) is 0 Å². The van der Waals surface area contributed by atoms with Gasteiger partial charge in [0.2, 0.25) is 0 Å². The summed E-state index contributed by atoms with van der Waals surface area (Å²) in [6.45, 7) is 3.63. The van der Waals surface area contributed by atoms with Crippen molar-refractivity contribution in [1.29, 1.82) is 0 Å². The molecule has 0 aliphatic rings. The van der Waals surface area contributed by atoms with E-state index in [-0.39, 0.29) is 6.04 Å². The maximum absolute atomic E-state index is 5.76. The monoisotopic (exact) mass is 233 g/mol. The molecule has 0 radical (unpaired) electrons. The van der Waals surface area contributed by atoms with E-state index in [9.17, 15) is 0 Å². The molecule has 0 aliphatic heterocycles. The van der Waals surface area contributed by atoms with Crippen molar-refractivity contribution in [3.8, 4) is 0 Å². The topological polar surface area (TPSA) is 103 Å². The molecule has 0 saturated carbocycles. The Morgan fingerprint density at radius 1 is 1.18 bits per heavy atom. The van der Waals surface area contributed by atoms with Crippen molar-refractivity contribution in [2.24, 2.45) is 27.4 Å². The minimum Gasteiger partial charge on any atom is -0.386 e. The second-order valence-electron chi connectivity index (χ2n) is 4.10. The quantitative estimate of drug-likeness (QED) is 0.402. The highest BCUT2D eigenvalue weighted by atomic mass is 15.2. The largest absolute Gasteiger partial charge is 0.386 e. The van der Waals surface area contributed by atoms with Crippen molar-refractivity contribution >= 4 is 11.7 Å². The SMILES string of the molecule is C/C(N)=N/N=C(\N)c1ccc(CC(C)N)cc1. The number of hydrogen-bond acceptors (Lipinski definition) is 3. The van der Waals surface area contributed by atoms with Gasteiger partial charge in [0.1, 0.15) is 5.84 Å². The molecule has 0 amide bonds. The molecule has 0 aliphatic carbocycles. The summed E-state index contributed by atoms with van der Waals surface area (Å²) in [5, 5.41) is 7.53. The second-order valence-corrected chi connectivity index (χ2v) is 4.10. The molecule has 0 bridgehead atoms. The third-order valence-corrected chi connectivity index (χ3v) is 2.12. The first kappa shape index (κ1) is 13.2. The Kier molecular flexibility index (Phi) is 4.66. The van der Waals surface area contributed by atoms with Crippen LogP contribution in [0, 0.1) is 0 Å². The zero-order valence-corrected chi connectivity index (χ0v) is 10.2. The van der Waals surface area contributed by atoms with Crippen molar-refractivity contribution in [2.45, 2.75) is 26.3 Å². The van der Waals surface area contributed by atoms with Crippen LogP contribution in [0.4, 0.5) is 0 Å². The molecule has 6 N–H and O–H groups in total. The highest BCUT2D eigenvalue weighted by Gasteiger charge is 2.00. The average molecular weight is 233 g/mol. The fraction of sp³-hybridized carbons (Fsp3) is 0.333. The Labute approximate surface area is 101 Å². The van der Waals surface area contributed by atoms with Crippen LogP contribution in [-0.2, 0) is 6.42 Å². The third-order valence-electron chi connectivity index (χ3n) is 2.12. The van der Waals surface area contributed by atoms with E-state index < -0.39 is 0 Å². The zero-order chi connectivity index (χ0) is 12.8. The van der Waals surface area contributed by atoms with Crippen LogP contribution < -0.4 is 17.2 Å². The second kappa shape index (κ2) is 6.00. The van der Waals surface area contributed by atoms with E-state index in [1.54, 1.807) is 6.92 Å². The molecular weight excluding hydrogens is 214 g/mol. The van der Waals surface area contributed by atoms with E-state index in [2.05, 4.69) is 10.2 Å². The van der Waals surface area contributed by atoms with Gasteiger partial charge in [-0.15, -0.1) is 10.2 Å². The lowest BCUT2D eigenvalue weighted by molar-refractivity contribution is 0.738. The fourth-order valence-electron chi connectivity index (χ4n) is 1.37. The van der Waals surface area contributed by atoms with E-state index in [0.29, 0.717) is 11.7 Å². The summed E-state index contributed by atoms with van der Waals surface area (Å²) in [7, 11) is 0. The first-order valence-corrected chi connectivity index (χ1v) is 5.47. The van der Waals surface area contributed by atoms with Crippen LogP contribution in [0.1, 0.15) is 25.0 Å². The first-order valence-electron chi connectivity index (χ1n) is 5.47. The normalized spacial score (nSPS) is 14.8. The van der Waals surface area contributed by atoms with Crippen molar-refractivity contribution in [3.63, 3.8) is 0 Å². The number of benzene rings is 1. The van der Waals surface area contributed by atoms with E-state index in [1.165, 1.54) is 5.56 Å². The van der Waals surface area contributed by atoms with Gasteiger partial charge in [-0.1, -0.05) is 24.3 Å². The maximum atomic E-state index is 5.76. The van der Waals surface area contributed by atoms with Crippen LogP contribution in [0.5, 0.6) is 0 Å². The molecule has 1 aromatic carbocycles. The summed E-state index contributed by atoms with van der Waals surface area (Å²) >= 11 is 0. The van der Waals surface area contributed by atoms with Gasteiger partial charge in [0.05, 0.1) is 0 Å². The van der Waals surface area contributed by atoms with Crippen molar-refractivity contribution in [3.05, 3.63) is 35.4 Å². The van der Waals surface area contributed by atoms with E-state index in [0.717, 1.165) is 12.0 Å². The molecule has 17 heavy (non-hydrogen) atoms. The molecule has 0 saturated heterocycles. The Morgan fingerprint density at radius 3 is 2.24 bits per heavy atom. The maximum Gasteiger partial charge on any atom is 0.153 e. The Balaban J connectivity index is 2.80. The van der Waals surface area contributed by atoms with Gasteiger partial charge in [-0.2, -0.15) is 0 Å². The molecule has 0 aromatic heterocycles. The van der Waals surface area contributed by atoms with Gasteiger partial charge in [0, 0.05) is 11.6 Å². The molecule has 5 nitrogen and oxygen atoms in total. The summed E-state index contributed by atoms with van der Waals surface area (Å²) in [4.78, 5) is 0. The summed E-state index contributed by atoms with van der Waals surface area (Å²) in [6.07, 6.45) is 0.845. The number of nitrogens with zero attached hydrogens (tertiary/aromatic N) is 2. The number of amidine groups is 2. The molecule has 5 heteroatoms. The molecule has 0 heterocycles. The molecule has 1 atom stereocenters. The van der Waals surface area contributed by atoms with E-state index in [1.807, 2.05) is 31.2 Å². The minimum absolute atomic E-state index is 0.149. The van der Waals surface area contributed by atoms with Crippen LogP contribution >= 0.6 is 0 Å². The number of hydrogen-bond donors (Lipinski definition) is 3. The highest BCUT2D eigenvalue weighted by molar-refractivity contribution is 5.97. The molecule has 0 spiro atoms. The Morgan fingerprint density at radius 2 is 1.76 bits per heavy atom. The lowest BCUT2D eigenvalue weighted by atomic mass is 10.1. The van der Waals surface area contributed by atoms with Gasteiger partial charge in [-0.05, 0) is 25.8 Å². The van der Waals surface area contributed by atoms with Crippen molar-refractivity contribution in [1.82, 2.24) is 0 Å². The molecule has 1 aromatic rings. The lowest BCUT2D eigenvalue weighted by Gasteiger charge is -2.05.